The Bertz CT molecular complexity index is 611. The van der Waals surface area contributed by atoms with Gasteiger partial charge in [0.25, 0.3) is 0 Å². The molecule has 0 fully saturated rings. The van der Waals surface area contributed by atoms with E-state index in [2.05, 4.69) is 4.98 Å². The lowest BCUT2D eigenvalue weighted by molar-refractivity contribution is 0.111. The number of aldehydes is 1. The Morgan fingerprint density at radius 1 is 1.10 bits per heavy atom. The second-order valence-corrected chi connectivity index (χ2v) is 5.20. The lowest BCUT2D eigenvalue weighted by Gasteiger charge is -2.13. The Hall–Kier alpha value is -2.08. The van der Waals surface area contributed by atoms with Crippen molar-refractivity contribution in [3.63, 3.8) is 0 Å². The van der Waals surface area contributed by atoms with E-state index in [0.717, 1.165) is 21.7 Å². The van der Waals surface area contributed by atoms with Gasteiger partial charge in [0.05, 0.1) is 21.3 Å². The normalized spacial score (nSPS) is 10.2. The quantitative estimate of drug-likeness (QED) is 0.793. The third kappa shape index (κ3) is 2.46. The Kier molecular flexibility index (Phi) is 4.24. The van der Waals surface area contributed by atoms with Crippen LogP contribution >= 0.6 is 11.3 Å². The first-order valence-electron chi connectivity index (χ1n) is 5.87. The smallest absolute Gasteiger partial charge is 0.203 e. The fourth-order valence-electron chi connectivity index (χ4n) is 1.85. The maximum absolute atomic E-state index is 10.9. The van der Waals surface area contributed by atoms with Crippen LogP contribution in [0, 0.1) is 6.92 Å². The second kappa shape index (κ2) is 5.92. The molecule has 0 saturated heterocycles. The number of hydrogen-bond donors (Lipinski definition) is 0. The number of rotatable bonds is 5. The van der Waals surface area contributed by atoms with Crippen molar-refractivity contribution in [2.24, 2.45) is 0 Å². The van der Waals surface area contributed by atoms with E-state index in [-0.39, 0.29) is 0 Å². The number of benzene rings is 1. The third-order valence-electron chi connectivity index (χ3n) is 2.86. The molecule has 0 unspecified atom stereocenters. The summed E-state index contributed by atoms with van der Waals surface area (Å²) in [5, 5.41) is 0.740. The molecule has 0 aliphatic carbocycles. The molecule has 1 aromatic carbocycles. The first kappa shape index (κ1) is 14.3. The van der Waals surface area contributed by atoms with Gasteiger partial charge in [-0.2, -0.15) is 0 Å². The molecule has 106 valence electrons. The van der Waals surface area contributed by atoms with Gasteiger partial charge in [-0.1, -0.05) is 0 Å². The first-order valence-corrected chi connectivity index (χ1v) is 6.69. The number of aryl methyl sites for hydroxylation is 1. The van der Waals surface area contributed by atoms with Gasteiger partial charge in [-0.05, 0) is 19.1 Å². The molecule has 1 heterocycles. The zero-order chi connectivity index (χ0) is 14.7. The molecule has 0 amide bonds. The van der Waals surface area contributed by atoms with E-state index < -0.39 is 0 Å². The molecule has 2 rings (SSSR count). The van der Waals surface area contributed by atoms with Crippen LogP contribution in [0.15, 0.2) is 12.1 Å². The van der Waals surface area contributed by atoms with E-state index in [1.54, 1.807) is 21.3 Å². The summed E-state index contributed by atoms with van der Waals surface area (Å²) in [6.07, 6.45) is 0.757. The summed E-state index contributed by atoms with van der Waals surface area (Å²) in [4.78, 5) is 16.1. The summed E-state index contributed by atoms with van der Waals surface area (Å²) >= 11 is 1.45. The summed E-state index contributed by atoms with van der Waals surface area (Å²) in [6, 6.07) is 3.63. The molecule has 1 aromatic heterocycles. The van der Waals surface area contributed by atoms with Gasteiger partial charge in [0, 0.05) is 10.4 Å². The second-order valence-electron chi connectivity index (χ2n) is 3.99. The van der Waals surface area contributed by atoms with Crippen LogP contribution in [0.4, 0.5) is 0 Å². The van der Waals surface area contributed by atoms with E-state index >= 15 is 0 Å². The van der Waals surface area contributed by atoms with E-state index in [4.69, 9.17) is 14.2 Å². The molecule has 0 spiro atoms. The molecule has 0 radical (unpaired) electrons. The van der Waals surface area contributed by atoms with Crippen LogP contribution in [0.25, 0.3) is 10.6 Å². The Balaban J connectivity index is 2.59. The van der Waals surface area contributed by atoms with Crippen molar-refractivity contribution in [1.29, 1.82) is 0 Å². The zero-order valence-corrected chi connectivity index (χ0v) is 12.5. The minimum atomic E-state index is 0.457. The molecule has 2 aromatic rings. The highest BCUT2D eigenvalue weighted by Gasteiger charge is 2.16. The molecule has 6 heteroatoms. The average Bonchev–Trinajstić information content (AvgIpc) is 2.86. The van der Waals surface area contributed by atoms with Gasteiger partial charge in [-0.25, -0.2) is 4.98 Å². The monoisotopic (exact) mass is 293 g/mol. The molecule has 0 atom stereocenters. The predicted molar refractivity (Wildman–Crippen MR) is 77.3 cm³/mol. The summed E-state index contributed by atoms with van der Waals surface area (Å²) in [6.45, 7) is 1.86. The van der Waals surface area contributed by atoms with E-state index in [1.165, 1.54) is 11.3 Å². The highest BCUT2D eigenvalue weighted by Crippen LogP contribution is 2.42. The Morgan fingerprint density at radius 3 is 2.10 bits per heavy atom. The van der Waals surface area contributed by atoms with Gasteiger partial charge in [0.1, 0.15) is 10.7 Å². The molecular formula is C14H15NO4S. The van der Waals surface area contributed by atoms with Crippen LogP contribution in [-0.2, 0) is 0 Å². The van der Waals surface area contributed by atoms with Crippen molar-refractivity contribution < 1.29 is 19.0 Å². The van der Waals surface area contributed by atoms with Gasteiger partial charge < -0.3 is 14.2 Å². The highest BCUT2D eigenvalue weighted by atomic mass is 32.1. The molecule has 0 bridgehead atoms. The van der Waals surface area contributed by atoms with Gasteiger partial charge >= 0.3 is 0 Å². The summed E-state index contributed by atoms with van der Waals surface area (Å²) in [7, 11) is 4.67. The number of ether oxygens (including phenoxy) is 3. The van der Waals surface area contributed by atoms with Crippen LogP contribution in [-0.4, -0.2) is 32.6 Å². The number of hydrogen-bond acceptors (Lipinski definition) is 6. The van der Waals surface area contributed by atoms with Crippen molar-refractivity contribution in [3.05, 3.63) is 22.7 Å². The SMILES string of the molecule is COc1cc(-c2nc(C=O)c(C)s2)cc(OC)c1OC. The number of nitrogens with zero attached hydrogens (tertiary/aromatic N) is 1. The number of thiazole rings is 1. The van der Waals surface area contributed by atoms with Crippen LogP contribution in [0.1, 0.15) is 15.4 Å². The van der Waals surface area contributed by atoms with E-state index in [0.29, 0.717) is 22.9 Å². The van der Waals surface area contributed by atoms with E-state index in [9.17, 15) is 4.79 Å². The molecule has 0 saturated carbocycles. The topological polar surface area (TPSA) is 57.7 Å². The standard InChI is InChI=1S/C14H15NO4S/c1-8-10(7-16)15-14(20-8)9-5-11(17-2)13(19-4)12(6-9)18-3/h5-7H,1-4H3. The zero-order valence-electron chi connectivity index (χ0n) is 11.7. The van der Waals surface area contributed by atoms with Crippen molar-refractivity contribution in [2.45, 2.75) is 6.92 Å². The first-order chi connectivity index (χ1) is 9.64. The molecule has 5 nitrogen and oxygen atoms in total. The van der Waals surface area contributed by atoms with Crippen molar-refractivity contribution in [3.8, 4) is 27.8 Å². The fraction of sp³-hybridized carbons (Fsp3) is 0.286. The molecule has 0 aliphatic rings. The van der Waals surface area contributed by atoms with Crippen LogP contribution in [0.5, 0.6) is 17.2 Å². The van der Waals surface area contributed by atoms with Crippen molar-refractivity contribution in [2.75, 3.05) is 21.3 Å². The number of carbonyl (C=O) groups is 1. The molecule has 0 N–H and O–H groups in total. The highest BCUT2D eigenvalue weighted by molar-refractivity contribution is 7.15. The molecular weight excluding hydrogens is 278 g/mol. The fourth-order valence-corrected chi connectivity index (χ4v) is 2.71. The van der Waals surface area contributed by atoms with Crippen molar-refractivity contribution in [1.82, 2.24) is 4.98 Å². The maximum Gasteiger partial charge on any atom is 0.203 e. The summed E-state index contributed by atoms with van der Waals surface area (Å²) < 4.78 is 15.9. The van der Waals surface area contributed by atoms with Gasteiger partial charge in [-0.15, -0.1) is 11.3 Å². The maximum atomic E-state index is 10.9. The minimum absolute atomic E-state index is 0.457. The van der Waals surface area contributed by atoms with Gasteiger partial charge in [0.2, 0.25) is 5.75 Å². The lowest BCUT2D eigenvalue weighted by Crippen LogP contribution is -1.95. The Labute approximate surface area is 121 Å². The Morgan fingerprint density at radius 2 is 1.70 bits per heavy atom. The van der Waals surface area contributed by atoms with Crippen LogP contribution < -0.4 is 14.2 Å². The number of carbonyl (C=O) groups excluding carboxylic acids is 1. The molecule has 20 heavy (non-hydrogen) atoms. The third-order valence-corrected chi connectivity index (χ3v) is 3.89. The van der Waals surface area contributed by atoms with Gasteiger partial charge in [-0.3, -0.25) is 4.79 Å². The van der Waals surface area contributed by atoms with Crippen molar-refractivity contribution >= 4 is 17.6 Å². The predicted octanol–water partition coefficient (Wildman–Crippen LogP) is 2.96. The van der Waals surface area contributed by atoms with Crippen LogP contribution in [0.3, 0.4) is 0 Å². The largest absolute Gasteiger partial charge is 0.493 e. The summed E-state index contributed by atoms with van der Waals surface area (Å²) in [5.41, 5.74) is 1.28. The van der Waals surface area contributed by atoms with Gasteiger partial charge in [0.15, 0.2) is 17.8 Å². The summed E-state index contributed by atoms with van der Waals surface area (Å²) in [5.74, 6) is 1.65. The van der Waals surface area contributed by atoms with Crippen LogP contribution in [0.2, 0.25) is 0 Å². The number of methoxy groups -OCH3 is 3. The average molecular weight is 293 g/mol. The number of aromatic nitrogens is 1. The minimum Gasteiger partial charge on any atom is -0.493 e. The molecule has 0 aliphatic heterocycles. The van der Waals surface area contributed by atoms with E-state index in [1.807, 2.05) is 19.1 Å². The lowest BCUT2D eigenvalue weighted by atomic mass is 10.2.